The van der Waals surface area contributed by atoms with Crippen molar-refractivity contribution in [3.05, 3.63) is 72.1 Å². The highest BCUT2D eigenvalue weighted by molar-refractivity contribution is 7.92. The van der Waals surface area contributed by atoms with E-state index in [4.69, 9.17) is 4.74 Å². The fourth-order valence-electron chi connectivity index (χ4n) is 3.19. The number of carbonyl (C=O) groups excluding carboxylic acids is 1. The molecule has 4 N–H and O–H groups in total. The van der Waals surface area contributed by atoms with Crippen LogP contribution in [0, 0.1) is 6.92 Å². The lowest BCUT2D eigenvalue weighted by atomic mass is 10.3. The maximum atomic E-state index is 12.7. The van der Waals surface area contributed by atoms with Crippen LogP contribution in [0.3, 0.4) is 0 Å². The molecule has 178 valence electrons. The van der Waals surface area contributed by atoms with Crippen molar-refractivity contribution in [3.63, 3.8) is 0 Å². The van der Waals surface area contributed by atoms with Crippen molar-refractivity contribution < 1.29 is 17.9 Å². The molecule has 1 aliphatic rings. The molecule has 1 saturated heterocycles. The van der Waals surface area contributed by atoms with E-state index in [2.05, 4.69) is 30.6 Å². The lowest BCUT2D eigenvalue weighted by Crippen LogP contribution is -2.26. The number of hydrogen-bond acceptors (Lipinski definition) is 8. The van der Waals surface area contributed by atoms with Gasteiger partial charge in [0, 0.05) is 30.2 Å². The number of epoxide rings is 1. The molecule has 0 radical (unpaired) electrons. The zero-order valence-corrected chi connectivity index (χ0v) is 19.6. The summed E-state index contributed by atoms with van der Waals surface area (Å²) in [5, 5.41) is 9.05. The first-order valence-corrected chi connectivity index (χ1v) is 12.3. The molecule has 1 fully saturated rings. The number of aryl methyl sites for hydroxylation is 1. The minimum atomic E-state index is -3.74. The molecule has 2 aromatic carbocycles. The Hall–Kier alpha value is -3.54. The van der Waals surface area contributed by atoms with Crippen molar-refractivity contribution in [2.45, 2.75) is 31.1 Å². The second-order valence-electron chi connectivity index (χ2n) is 7.81. The third kappa shape index (κ3) is 6.28. The number of hydrogen-bond donors (Lipinski definition) is 4. The first-order valence-electron chi connectivity index (χ1n) is 10.8. The number of rotatable bonds is 10. The number of anilines is 3. The van der Waals surface area contributed by atoms with E-state index in [0.29, 0.717) is 36.1 Å². The second kappa shape index (κ2) is 10.2. The average Bonchev–Trinajstić information content (AvgIpc) is 3.52. The molecule has 0 spiro atoms. The molecule has 1 amide bonds. The quantitative estimate of drug-likeness (QED) is 0.256. The highest BCUT2D eigenvalue weighted by Gasteiger charge is 2.33. The van der Waals surface area contributed by atoms with Crippen LogP contribution in [0.15, 0.2) is 65.6 Å². The summed E-state index contributed by atoms with van der Waals surface area (Å²) in [6.45, 7) is 5.01. The van der Waals surface area contributed by atoms with Crippen LogP contribution in [-0.2, 0) is 14.8 Å². The van der Waals surface area contributed by atoms with E-state index >= 15 is 0 Å². The van der Waals surface area contributed by atoms with Crippen LogP contribution >= 0.6 is 0 Å². The van der Waals surface area contributed by atoms with E-state index in [1.165, 1.54) is 24.3 Å². The monoisotopic (exact) mass is 482 g/mol. The summed E-state index contributed by atoms with van der Waals surface area (Å²) >= 11 is 0. The van der Waals surface area contributed by atoms with E-state index in [0.717, 1.165) is 0 Å². The number of para-hydroxylation sites is 1. The summed E-state index contributed by atoms with van der Waals surface area (Å²) in [4.78, 5) is 21.4. The number of nitrogens with one attached hydrogen (secondary N) is 4. The Balaban J connectivity index is 1.36. The van der Waals surface area contributed by atoms with Gasteiger partial charge >= 0.3 is 0 Å². The van der Waals surface area contributed by atoms with Gasteiger partial charge in [-0.25, -0.2) is 18.4 Å². The van der Waals surface area contributed by atoms with E-state index in [1.54, 1.807) is 43.3 Å². The molecule has 3 aromatic rings. The van der Waals surface area contributed by atoms with Crippen LogP contribution in [-0.4, -0.2) is 49.7 Å². The third-order valence-corrected chi connectivity index (χ3v) is 6.40. The predicted octanol–water partition coefficient (Wildman–Crippen LogP) is 2.58. The minimum absolute atomic E-state index is 0.0818. The van der Waals surface area contributed by atoms with Gasteiger partial charge < -0.3 is 15.4 Å². The molecule has 0 aliphatic carbocycles. The molecular weight excluding hydrogens is 456 g/mol. The summed E-state index contributed by atoms with van der Waals surface area (Å²) in [7, 11) is -3.74. The number of benzene rings is 2. The largest absolute Gasteiger partial charge is 0.354 e. The number of amides is 1. The molecule has 4 rings (SSSR count). The molecule has 1 aromatic heterocycles. The Morgan fingerprint density at radius 2 is 1.71 bits per heavy atom. The van der Waals surface area contributed by atoms with E-state index < -0.39 is 15.9 Å². The van der Waals surface area contributed by atoms with Gasteiger partial charge in [-0.15, -0.1) is 0 Å². The number of sulfonamides is 1. The standard InChI is InChI=1S/C23H26N6O4S/c1-15-14-20(28-23(26-15)25-13-12-24-22-16(2)33-22)21(30)27-17-8-10-19(11-9-17)34(31,32)29-18-6-4-3-5-7-18/h3-11,14,16,22,24,29H,12-13H2,1-2H3,(H,27,30)(H,25,26,28). The molecular formula is C23H26N6O4S. The second-order valence-corrected chi connectivity index (χ2v) is 9.49. The molecule has 0 saturated carbocycles. The maximum Gasteiger partial charge on any atom is 0.274 e. The minimum Gasteiger partial charge on any atom is -0.354 e. The van der Waals surface area contributed by atoms with Gasteiger partial charge in [0.25, 0.3) is 15.9 Å². The topological polar surface area (TPSA) is 138 Å². The SMILES string of the molecule is Cc1cc(C(=O)Nc2ccc(S(=O)(=O)Nc3ccccc3)cc2)nc(NCCNC2OC2C)n1. The zero-order valence-electron chi connectivity index (χ0n) is 18.8. The van der Waals surface area contributed by atoms with E-state index in [1.807, 2.05) is 6.92 Å². The first kappa shape index (κ1) is 23.6. The van der Waals surface area contributed by atoms with Gasteiger partial charge in [0.05, 0.1) is 11.0 Å². The fourth-order valence-corrected chi connectivity index (χ4v) is 4.24. The smallest absolute Gasteiger partial charge is 0.274 e. The van der Waals surface area contributed by atoms with Crippen molar-refractivity contribution >= 4 is 33.3 Å². The molecule has 1 aliphatic heterocycles. The predicted molar refractivity (Wildman–Crippen MR) is 129 cm³/mol. The Labute approximate surface area is 198 Å². The number of aromatic nitrogens is 2. The van der Waals surface area contributed by atoms with Gasteiger partial charge in [-0.1, -0.05) is 18.2 Å². The lowest BCUT2D eigenvalue weighted by molar-refractivity contribution is 0.102. The molecule has 11 heteroatoms. The molecule has 2 atom stereocenters. The van der Waals surface area contributed by atoms with Crippen LogP contribution in [0.5, 0.6) is 0 Å². The lowest BCUT2D eigenvalue weighted by Gasteiger charge is -2.10. The summed E-state index contributed by atoms with van der Waals surface area (Å²) in [5.74, 6) is -0.0740. The molecule has 2 unspecified atom stereocenters. The molecule has 2 heterocycles. The summed E-state index contributed by atoms with van der Waals surface area (Å²) in [6.07, 6.45) is 0.330. The van der Waals surface area contributed by atoms with E-state index in [-0.39, 0.29) is 22.9 Å². The van der Waals surface area contributed by atoms with Crippen LogP contribution < -0.4 is 20.7 Å². The van der Waals surface area contributed by atoms with Crippen molar-refractivity contribution in [3.8, 4) is 0 Å². The summed E-state index contributed by atoms with van der Waals surface area (Å²) < 4.78 is 32.9. The van der Waals surface area contributed by atoms with Crippen molar-refractivity contribution in [2.75, 3.05) is 28.4 Å². The Kier molecular flexibility index (Phi) is 7.06. The normalized spacial score (nSPS) is 17.1. The van der Waals surface area contributed by atoms with Crippen molar-refractivity contribution in [1.29, 1.82) is 0 Å². The van der Waals surface area contributed by atoms with Crippen LogP contribution in [0.1, 0.15) is 23.1 Å². The Morgan fingerprint density at radius 3 is 2.38 bits per heavy atom. The number of carbonyl (C=O) groups is 1. The summed E-state index contributed by atoms with van der Waals surface area (Å²) in [5.41, 5.74) is 1.75. The van der Waals surface area contributed by atoms with Gasteiger partial charge in [-0.3, -0.25) is 14.8 Å². The van der Waals surface area contributed by atoms with Gasteiger partial charge in [0.2, 0.25) is 5.95 Å². The number of ether oxygens (including phenoxy) is 1. The van der Waals surface area contributed by atoms with Crippen molar-refractivity contribution in [2.24, 2.45) is 0 Å². The first-order chi connectivity index (χ1) is 16.3. The highest BCUT2D eigenvalue weighted by Crippen LogP contribution is 2.19. The highest BCUT2D eigenvalue weighted by atomic mass is 32.2. The number of nitrogens with zero attached hydrogens (tertiary/aromatic N) is 2. The van der Waals surface area contributed by atoms with Gasteiger partial charge in [0.1, 0.15) is 11.9 Å². The maximum absolute atomic E-state index is 12.7. The Bertz CT molecular complexity index is 1250. The van der Waals surface area contributed by atoms with Gasteiger partial charge in [-0.05, 0) is 56.3 Å². The molecule has 0 bridgehead atoms. The fraction of sp³-hybridized carbons (Fsp3) is 0.261. The third-order valence-electron chi connectivity index (χ3n) is 5.00. The summed E-state index contributed by atoms with van der Waals surface area (Å²) in [6, 6.07) is 16.1. The molecule has 10 nitrogen and oxygen atoms in total. The van der Waals surface area contributed by atoms with Crippen LogP contribution in [0.2, 0.25) is 0 Å². The van der Waals surface area contributed by atoms with Gasteiger partial charge in [-0.2, -0.15) is 0 Å². The zero-order chi connectivity index (χ0) is 24.1. The van der Waals surface area contributed by atoms with E-state index in [9.17, 15) is 13.2 Å². The van der Waals surface area contributed by atoms with Crippen LogP contribution in [0.4, 0.5) is 17.3 Å². The molecule has 34 heavy (non-hydrogen) atoms. The average molecular weight is 483 g/mol. The Morgan fingerprint density at radius 1 is 1.00 bits per heavy atom. The van der Waals surface area contributed by atoms with Crippen molar-refractivity contribution in [1.82, 2.24) is 15.3 Å². The van der Waals surface area contributed by atoms with Gasteiger partial charge in [0.15, 0.2) is 0 Å². The van der Waals surface area contributed by atoms with Crippen LogP contribution in [0.25, 0.3) is 0 Å².